The van der Waals surface area contributed by atoms with Crippen LogP contribution in [0.2, 0.25) is 0 Å². The highest BCUT2D eigenvalue weighted by Gasteiger charge is 2.33. The molecule has 0 bridgehead atoms. The standard InChI is InChI=1S/C26H29N3O6S/c1-16(2)23-14-21(15-24(17(3)4)25(23)30)28(36(34,35)22-12-6-18(5)7-13-22)26(31)27-19-8-10-20(11-9-19)29(32)33/h6-17,30H,1-5H3,(H,27,31). The summed E-state index contributed by atoms with van der Waals surface area (Å²) in [6.45, 7) is 9.26. The van der Waals surface area contributed by atoms with E-state index in [1.807, 2.05) is 34.6 Å². The quantitative estimate of drug-likeness (QED) is 0.283. The highest BCUT2D eigenvalue weighted by Crippen LogP contribution is 2.39. The number of nitrogens with zero attached hydrogens (tertiary/aromatic N) is 2. The van der Waals surface area contributed by atoms with Gasteiger partial charge in [-0.1, -0.05) is 45.4 Å². The molecule has 0 heterocycles. The molecule has 0 fully saturated rings. The zero-order valence-electron chi connectivity index (χ0n) is 20.7. The fourth-order valence-corrected chi connectivity index (χ4v) is 5.02. The smallest absolute Gasteiger partial charge is 0.340 e. The molecule has 0 aromatic heterocycles. The number of aryl methyl sites for hydroxylation is 1. The van der Waals surface area contributed by atoms with Gasteiger partial charge < -0.3 is 10.4 Å². The van der Waals surface area contributed by atoms with Gasteiger partial charge in [-0.05, 0) is 66.3 Å². The van der Waals surface area contributed by atoms with Crippen LogP contribution in [0, 0.1) is 17.0 Å². The van der Waals surface area contributed by atoms with E-state index < -0.39 is 21.0 Å². The van der Waals surface area contributed by atoms with Gasteiger partial charge in [0.15, 0.2) is 0 Å². The van der Waals surface area contributed by atoms with Crippen LogP contribution in [-0.4, -0.2) is 24.5 Å². The molecule has 0 saturated carbocycles. The molecule has 0 aliphatic heterocycles. The number of non-ortho nitro benzene ring substituents is 1. The summed E-state index contributed by atoms with van der Waals surface area (Å²) in [6.07, 6.45) is 0. The number of hydrogen-bond acceptors (Lipinski definition) is 6. The van der Waals surface area contributed by atoms with Crippen LogP contribution in [0.1, 0.15) is 56.2 Å². The number of aromatic hydroxyl groups is 1. The molecule has 3 rings (SSSR count). The Hall–Kier alpha value is -3.92. The molecular weight excluding hydrogens is 482 g/mol. The monoisotopic (exact) mass is 511 g/mol. The number of nitro benzene ring substituents is 1. The summed E-state index contributed by atoms with van der Waals surface area (Å²) in [5, 5.41) is 24.3. The van der Waals surface area contributed by atoms with Gasteiger partial charge in [0.25, 0.3) is 15.7 Å². The predicted molar refractivity (Wildman–Crippen MR) is 139 cm³/mol. The van der Waals surface area contributed by atoms with Gasteiger partial charge in [0.05, 0.1) is 15.5 Å². The molecule has 190 valence electrons. The second-order valence-electron chi connectivity index (χ2n) is 9.10. The normalized spacial score (nSPS) is 11.5. The van der Waals surface area contributed by atoms with Crippen molar-refractivity contribution in [3.8, 4) is 5.75 Å². The van der Waals surface area contributed by atoms with Crippen molar-refractivity contribution in [2.75, 3.05) is 9.62 Å². The summed E-state index contributed by atoms with van der Waals surface area (Å²) in [5.41, 5.74) is 1.94. The van der Waals surface area contributed by atoms with Crippen molar-refractivity contribution in [3.63, 3.8) is 0 Å². The largest absolute Gasteiger partial charge is 0.507 e. The molecule has 0 spiro atoms. The fourth-order valence-electron chi connectivity index (χ4n) is 3.68. The average molecular weight is 512 g/mol. The number of urea groups is 1. The van der Waals surface area contributed by atoms with Gasteiger partial charge in [0, 0.05) is 17.8 Å². The molecule has 2 N–H and O–H groups in total. The van der Waals surface area contributed by atoms with E-state index in [9.17, 15) is 28.4 Å². The first kappa shape index (κ1) is 26.7. The highest BCUT2D eigenvalue weighted by atomic mass is 32.2. The van der Waals surface area contributed by atoms with Gasteiger partial charge in [-0.15, -0.1) is 0 Å². The molecule has 0 atom stereocenters. The van der Waals surface area contributed by atoms with Gasteiger partial charge >= 0.3 is 6.03 Å². The van der Waals surface area contributed by atoms with Gasteiger partial charge in [-0.3, -0.25) is 10.1 Å². The summed E-state index contributed by atoms with van der Waals surface area (Å²) >= 11 is 0. The van der Waals surface area contributed by atoms with Gasteiger partial charge in [0.1, 0.15) is 5.75 Å². The lowest BCUT2D eigenvalue weighted by atomic mass is 9.93. The molecule has 0 aliphatic carbocycles. The van der Waals surface area contributed by atoms with Crippen LogP contribution in [0.4, 0.5) is 21.9 Å². The van der Waals surface area contributed by atoms with Crippen LogP contribution in [0.5, 0.6) is 5.75 Å². The minimum Gasteiger partial charge on any atom is -0.507 e. The van der Waals surface area contributed by atoms with Gasteiger partial charge in [0.2, 0.25) is 0 Å². The number of carbonyl (C=O) groups is 1. The van der Waals surface area contributed by atoms with Crippen molar-refractivity contribution in [2.24, 2.45) is 0 Å². The van der Waals surface area contributed by atoms with Crippen LogP contribution >= 0.6 is 0 Å². The molecule has 3 aromatic rings. The van der Waals surface area contributed by atoms with E-state index in [0.717, 1.165) is 5.56 Å². The van der Waals surface area contributed by atoms with E-state index in [2.05, 4.69) is 5.32 Å². The van der Waals surface area contributed by atoms with Gasteiger partial charge in [-0.25, -0.2) is 13.2 Å². The lowest BCUT2D eigenvalue weighted by molar-refractivity contribution is -0.384. The van der Waals surface area contributed by atoms with Crippen LogP contribution in [0.25, 0.3) is 0 Å². The Kier molecular flexibility index (Phi) is 7.68. The molecule has 10 heteroatoms. The number of amides is 2. The number of phenols is 1. The fraction of sp³-hybridized carbons (Fsp3) is 0.269. The highest BCUT2D eigenvalue weighted by molar-refractivity contribution is 7.93. The van der Waals surface area contributed by atoms with E-state index in [-0.39, 0.29) is 39.5 Å². The molecule has 0 saturated heterocycles. The second kappa shape index (κ2) is 10.4. The van der Waals surface area contributed by atoms with E-state index in [1.54, 1.807) is 12.1 Å². The Bertz CT molecular complexity index is 1350. The first-order valence-corrected chi connectivity index (χ1v) is 12.8. The van der Waals surface area contributed by atoms with E-state index in [0.29, 0.717) is 15.4 Å². The van der Waals surface area contributed by atoms with E-state index in [4.69, 9.17) is 0 Å². The summed E-state index contributed by atoms with van der Waals surface area (Å²) in [4.78, 5) is 23.8. The molecule has 0 aliphatic rings. The van der Waals surface area contributed by atoms with Crippen molar-refractivity contribution in [2.45, 2.75) is 51.3 Å². The number of anilines is 2. The number of hydrogen-bond donors (Lipinski definition) is 2. The van der Waals surface area contributed by atoms with E-state index >= 15 is 0 Å². The Balaban J connectivity index is 2.19. The summed E-state index contributed by atoms with van der Waals surface area (Å²) in [6, 6.07) is 13.2. The van der Waals surface area contributed by atoms with Crippen molar-refractivity contribution >= 4 is 33.1 Å². The number of benzene rings is 3. The number of carbonyl (C=O) groups excluding carboxylic acids is 1. The minimum absolute atomic E-state index is 0.0622. The minimum atomic E-state index is -4.38. The summed E-state index contributed by atoms with van der Waals surface area (Å²) in [5.74, 6) is -0.236. The van der Waals surface area contributed by atoms with E-state index in [1.165, 1.54) is 48.5 Å². The van der Waals surface area contributed by atoms with Crippen molar-refractivity contribution < 1.29 is 23.2 Å². The molecule has 0 unspecified atom stereocenters. The number of rotatable bonds is 7. The zero-order valence-corrected chi connectivity index (χ0v) is 21.5. The number of phenolic OH excluding ortho intramolecular Hbond substituents is 1. The third-order valence-corrected chi connectivity index (χ3v) is 7.43. The van der Waals surface area contributed by atoms with Crippen LogP contribution in [0.3, 0.4) is 0 Å². The summed E-state index contributed by atoms with van der Waals surface area (Å²) in [7, 11) is -4.38. The molecule has 36 heavy (non-hydrogen) atoms. The first-order valence-electron chi connectivity index (χ1n) is 11.4. The van der Waals surface area contributed by atoms with Gasteiger partial charge in [-0.2, -0.15) is 4.31 Å². The molecular formula is C26H29N3O6S. The van der Waals surface area contributed by atoms with Crippen molar-refractivity contribution in [1.82, 2.24) is 0 Å². The lowest BCUT2D eigenvalue weighted by Gasteiger charge is -2.26. The van der Waals surface area contributed by atoms with Crippen LogP contribution in [0.15, 0.2) is 65.6 Å². The number of nitro groups is 1. The maximum atomic E-state index is 13.8. The Morgan fingerprint density at radius 3 is 1.89 bits per heavy atom. The maximum absolute atomic E-state index is 13.8. The van der Waals surface area contributed by atoms with Crippen LogP contribution < -0.4 is 9.62 Å². The molecule has 3 aromatic carbocycles. The third-order valence-electron chi connectivity index (χ3n) is 5.71. The predicted octanol–water partition coefficient (Wildman–Crippen LogP) is 6.28. The van der Waals surface area contributed by atoms with Crippen molar-refractivity contribution in [3.05, 3.63) is 87.5 Å². The molecule has 2 amide bonds. The number of sulfonamides is 1. The second-order valence-corrected chi connectivity index (χ2v) is 10.9. The average Bonchev–Trinajstić information content (AvgIpc) is 2.80. The number of nitrogens with one attached hydrogen (secondary N) is 1. The first-order chi connectivity index (χ1) is 16.8. The zero-order chi connectivity index (χ0) is 26.8. The molecule has 0 radical (unpaired) electrons. The van der Waals surface area contributed by atoms with Crippen LogP contribution in [-0.2, 0) is 10.0 Å². The maximum Gasteiger partial charge on any atom is 0.340 e. The summed E-state index contributed by atoms with van der Waals surface area (Å²) < 4.78 is 28.2. The topological polar surface area (TPSA) is 130 Å². The van der Waals surface area contributed by atoms with Crippen molar-refractivity contribution in [1.29, 1.82) is 0 Å². The lowest BCUT2D eigenvalue weighted by Crippen LogP contribution is -2.40. The Morgan fingerprint density at radius 1 is 0.944 bits per heavy atom. The Labute approximate surface area is 210 Å². The third kappa shape index (κ3) is 5.49. The molecule has 9 nitrogen and oxygen atoms in total. The SMILES string of the molecule is Cc1ccc(S(=O)(=O)N(C(=O)Nc2ccc([N+](=O)[O-])cc2)c2cc(C(C)C)c(O)c(C(C)C)c2)cc1. The Morgan fingerprint density at radius 2 is 1.44 bits per heavy atom.